The highest BCUT2D eigenvalue weighted by Crippen LogP contribution is 2.38. The Morgan fingerprint density at radius 1 is 1.19 bits per heavy atom. The van der Waals surface area contributed by atoms with Gasteiger partial charge in [-0.2, -0.15) is 0 Å². The van der Waals surface area contributed by atoms with Crippen molar-refractivity contribution < 1.29 is 19.5 Å². The molecule has 27 heavy (non-hydrogen) atoms. The first-order chi connectivity index (χ1) is 12.4. The Kier molecular flexibility index (Phi) is 5.29. The third kappa shape index (κ3) is 3.24. The van der Waals surface area contributed by atoms with Gasteiger partial charge in [0, 0.05) is 18.5 Å². The van der Waals surface area contributed by atoms with Crippen LogP contribution in [0.15, 0.2) is 12.1 Å². The van der Waals surface area contributed by atoms with E-state index in [0.717, 1.165) is 29.8 Å². The van der Waals surface area contributed by atoms with Crippen molar-refractivity contribution in [2.45, 2.75) is 50.8 Å². The predicted molar refractivity (Wildman–Crippen MR) is 100 cm³/mol. The van der Waals surface area contributed by atoms with Gasteiger partial charge in [-0.05, 0) is 62.0 Å². The summed E-state index contributed by atoms with van der Waals surface area (Å²) in [7, 11) is 0. The van der Waals surface area contributed by atoms with Crippen LogP contribution in [0, 0.1) is 6.92 Å². The lowest BCUT2D eigenvalue weighted by Crippen LogP contribution is -2.52. The minimum atomic E-state index is -0.880. The van der Waals surface area contributed by atoms with Gasteiger partial charge in [-0.1, -0.05) is 6.07 Å². The van der Waals surface area contributed by atoms with Gasteiger partial charge >= 0.3 is 0 Å². The highest BCUT2D eigenvalue weighted by atomic mass is 35.5. The van der Waals surface area contributed by atoms with E-state index in [-0.39, 0.29) is 30.6 Å². The summed E-state index contributed by atoms with van der Waals surface area (Å²) < 4.78 is 0. The molecule has 3 aliphatic heterocycles. The molecular formula is C19H24ClN3O4. The molecule has 7 nitrogen and oxygen atoms in total. The number of fused-ring (bicyclic) bond motifs is 1. The summed E-state index contributed by atoms with van der Waals surface area (Å²) in [5, 5.41) is 16.6. The number of piperidine rings is 2. The first kappa shape index (κ1) is 19.8. The number of rotatable bonds is 2. The van der Waals surface area contributed by atoms with Crippen LogP contribution < -0.4 is 10.6 Å². The van der Waals surface area contributed by atoms with Crippen LogP contribution in [0.25, 0.3) is 0 Å². The Balaban J connectivity index is 0.00000210. The van der Waals surface area contributed by atoms with E-state index in [9.17, 15) is 19.5 Å². The predicted octanol–water partition coefficient (Wildman–Crippen LogP) is 0.749. The molecule has 0 aromatic heterocycles. The topological polar surface area (TPSA) is 98.7 Å². The van der Waals surface area contributed by atoms with Crippen molar-refractivity contribution in [2.75, 3.05) is 13.1 Å². The van der Waals surface area contributed by atoms with Crippen molar-refractivity contribution in [2.24, 2.45) is 0 Å². The van der Waals surface area contributed by atoms with Gasteiger partial charge in [0.1, 0.15) is 6.04 Å². The second-order valence-electron chi connectivity index (χ2n) is 7.45. The van der Waals surface area contributed by atoms with E-state index in [0.29, 0.717) is 31.4 Å². The second kappa shape index (κ2) is 7.22. The lowest BCUT2D eigenvalue weighted by Gasteiger charge is -2.34. The number of nitrogens with zero attached hydrogens (tertiary/aromatic N) is 1. The molecule has 1 unspecified atom stereocenters. The Morgan fingerprint density at radius 3 is 2.56 bits per heavy atom. The van der Waals surface area contributed by atoms with Crippen molar-refractivity contribution in [1.82, 2.24) is 15.5 Å². The molecule has 4 rings (SSSR count). The van der Waals surface area contributed by atoms with E-state index in [1.807, 2.05) is 13.0 Å². The molecule has 3 N–H and O–H groups in total. The minimum absolute atomic E-state index is 0. The van der Waals surface area contributed by atoms with Crippen LogP contribution >= 0.6 is 12.4 Å². The first-order valence-electron chi connectivity index (χ1n) is 9.11. The summed E-state index contributed by atoms with van der Waals surface area (Å²) in [4.78, 5) is 37.9. The normalized spacial score (nSPS) is 24.3. The number of imide groups is 1. The molecule has 146 valence electrons. The Labute approximate surface area is 163 Å². The summed E-state index contributed by atoms with van der Waals surface area (Å²) in [5.74, 6) is -0.874. The van der Waals surface area contributed by atoms with Crippen molar-refractivity contribution in [3.63, 3.8) is 0 Å². The fraction of sp³-hybridized carbons (Fsp3) is 0.526. The number of halogens is 1. The van der Waals surface area contributed by atoms with Crippen molar-refractivity contribution in [3.05, 3.63) is 34.4 Å². The van der Waals surface area contributed by atoms with Gasteiger partial charge < -0.3 is 15.3 Å². The van der Waals surface area contributed by atoms with E-state index in [1.54, 1.807) is 11.0 Å². The van der Waals surface area contributed by atoms with Gasteiger partial charge in [0.05, 0.1) is 5.60 Å². The van der Waals surface area contributed by atoms with Crippen LogP contribution in [0.2, 0.25) is 0 Å². The molecule has 0 bridgehead atoms. The number of benzene rings is 1. The molecule has 3 aliphatic rings. The molecule has 8 heteroatoms. The largest absolute Gasteiger partial charge is 0.385 e. The standard InChI is InChI=1S/C19H23N3O4.ClH/c1-11-13-10-22(15-4-5-16(23)21-17(15)24)18(25)12(13)2-3-14(11)19(26)6-8-20-9-7-19;/h2-3,15,20,26H,4-10H2,1H3,(H,21,23,24);1H. The monoisotopic (exact) mass is 393 g/mol. The highest BCUT2D eigenvalue weighted by Gasteiger charge is 2.41. The van der Waals surface area contributed by atoms with Gasteiger partial charge in [0.15, 0.2) is 0 Å². The average molecular weight is 394 g/mol. The fourth-order valence-electron chi connectivity index (χ4n) is 4.40. The molecule has 3 heterocycles. The van der Waals surface area contributed by atoms with Crippen LogP contribution in [-0.2, 0) is 21.7 Å². The zero-order chi connectivity index (χ0) is 18.5. The smallest absolute Gasteiger partial charge is 0.255 e. The highest BCUT2D eigenvalue weighted by molar-refractivity contribution is 6.05. The van der Waals surface area contributed by atoms with Crippen LogP contribution in [0.1, 0.15) is 52.7 Å². The van der Waals surface area contributed by atoms with E-state index < -0.39 is 17.6 Å². The number of hydrogen-bond donors (Lipinski definition) is 3. The van der Waals surface area contributed by atoms with Crippen molar-refractivity contribution in [3.8, 4) is 0 Å². The number of carbonyl (C=O) groups excluding carboxylic acids is 3. The lowest BCUT2D eigenvalue weighted by atomic mass is 9.81. The average Bonchev–Trinajstić information content (AvgIpc) is 2.94. The molecule has 2 fully saturated rings. The van der Waals surface area contributed by atoms with Crippen LogP contribution in [0.3, 0.4) is 0 Å². The van der Waals surface area contributed by atoms with Crippen molar-refractivity contribution >= 4 is 30.1 Å². The van der Waals surface area contributed by atoms with Crippen LogP contribution in [0.4, 0.5) is 0 Å². The van der Waals surface area contributed by atoms with Gasteiger partial charge in [0.2, 0.25) is 11.8 Å². The zero-order valence-electron chi connectivity index (χ0n) is 15.2. The quantitative estimate of drug-likeness (QED) is 0.644. The maximum atomic E-state index is 12.8. The maximum absolute atomic E-state index is 12.8. The van der Waals surface area contributed by atoms with Gasteiger partial charge in [-0.15, -0.1) is 12.4 Å². The first-order valence-corrected chi connectivity index (χ1v) is 9.11. The zero-order valence-corrected chi connectivity index (χ0v) is 16.0. The molecule has 1 atom stereocenters. The molecule has 3 amide bonds. The minimum Gasteiger partial charge on any atom is -0.385 e. The number of nitrogens with one attached hydrogen (secondary N) is 2. The molecule has 2 saturated heterocycles. The third-order valence-electron chi connectivity index (χ3n) is 5.94. The summed E-state index contributed by atoms with van der Waals surface area (Å²) >= 11 is 0. The second-order valence-corrected chi connectivity index (χ2v) is 7.45. The lowest BCUT2D eigenvalue weighted by molar-refractivity contribution is -0.136. The molecule has 1 aromatic rings. The Hall–Kier alpha value is -1.96. The summed E-state index contributed by atoms with van der Waals surface area (Å²) in [6.45, 7) is 3.80. The van der Waals surface area contributed by atoms with Crippen LogP contribution in [-0.4, -0.2) is 46.9 Å². The molecule has 0 spiro atoms. The Morgan fingerprint density at radius 2 is 1.89 bits per heavy atom. The van der Waals surface area contributed by atoms with E-state index in [4.69, 9.17) is 0 Å². The van der Waals surface area contributed by atoms with Gasteiger partial charge in [-0.25, -0.2) is 0 Å². The summed E-state index contributed by atoms with van der Waals surface area (Å²) in [6, 6.07) is 3.01. The fourth-order valence-corrected chi connectivity index (χ4v) is 4.40. The van der Waals surface area contributed by atoms with Gasteiger partial charge in [0.25, 0.3) is 5.91 Å². The molecule has 1 aromatic carbocycles. The van der Waals surface area contributed by atoms with E-state index in [2.05, 4.69) is 10.6 Å². The number of aliphatic hydroxyl groups is 1. The van der Waals surface area contributed by atoms with Gasteiger partial charge in [-0.3, -0.25) is 19.7 Å². The van der Waals surface area contributed by atoms with E-state index >= 15 is 0 Å². The third-order valence-corrected chi connectivity index (χ3v) is 5.94. The molecule has 0 saturated carbocycles. The maximum Gasteiger partial charge on any atom is 0.255 e. The molecule has 0 radical (unpaired) electrons. The number of carbonyl (C=O) groups is 3. The molecule has 0 aliphatic carbocycles. The molecular weight excluding hydrogens is 370 g/mol. The van der Waals surface area contributed by atoms with Crippen molar-refractivity contribution in [1.29, 1.82) is 0 Å². The number of amides is 3. The van der Waals surface area contributed by atoms with E-state index in [1.165, 1.54) is 0 Å². The number of hydrogen-bond acceptors (Lipinski definition) is 5. The SMILES string of the molecule is Cc1c(C2(O)CCNCC2)ccc2c1CN(C1CCC(=O)NC1=O)C2=O.Cl. The summed E-state index contributed by atoms with van der Waals surface area (Å²) in [6.07, 6.45) is 1.87. The Bertz CT molecular complexity index is 804. The summed E-state index contributed by atoms with van der Waals surface area (Å²) in [5.41, 5.74) is 2.39. The van der Waals surface area contributed by atoms with Crippen LogP contribution in [0.5, 0.6) is 0 Å².